The fraction of sp³-hybridized carbons (Fsp3) is 0.133. The number of benzene rings is 2. The van der Waals surface area contributed by atoms with Crippen LogP contribution in [0.3, 0.4) is 0 Å². The lowest BCUT2D eigenvalue weighted by Gasteiger charge is -2.03. The molecule has 0 aromatic heterocycles. The smallest absolute Gasteiger partial charge is 0.193 e. The number of halogens is 1. The minimum absolute atomic E-state index is 0.0389. The van der Waals surface area contributed by atoms with E-state index < -0.39 is 0 Å². The first kappa shape index (κ1) is 11.9. The van der Waals surface area contributed by atoms with Gasteiger partial charge in [-0.2, -0.15) is 0 Å². The molecular weight excluding hydrogens is 232 g/mol. The van der Waals surface area contributed by atoms with Crippen molar-refractivity contribution in [3.05, 3.63) is 70.2 Å². The van der Waals surface area contributed by atoms with Gasteiger partial charge in [0, 0.05) is 16.1 Å². The van der Waals surface area contributed by atoms with E-state index in [1.54, 1.807) is 24.3 Å². The van der Waals surface area contributed by atoms with Crippen LogP contribution < -0.4 is 0 Å². The summed E-state index contributed by atoms with van der Waals surface area (Å²) in [5.41, 5.74) is 2.57. The SMILES string of the molecule is CCc1cccc(C(=O)c2ccc(Cl)cc2)c1. The standard InChI is InChI=1S/C15H13ClO/c1-2-11-4-3-5-13(10-11)15(17)12-6-8-14(16)9-7-12/h3-10H,2H2,1H3. The van der Waals surface area contributed by atoms with Gasteiger partial charge in [-0.3, -0.25) is 4.79 Å². The van der Waals surface area contributed by atoms with Gasteiger partial charge in [-0.25, -0.2) is 0 Å². The molecule has 17 heavy (non-hydrogen) atoms. The second-order valence-corrected chi connectivity index (χ2v) is 4.33. The van der Waals surface area contributed by atoms with Crippen LogP contribution in [0, 0.1) is 0 Å². The van der Waals surface area contributed by atoms with Crippen molar-refractivity contribution in [1.82, 2.24) is 0 Å². The second-order valence-electron chi connectivity index (χ2n) is 3.89. The summed E-state index contributed by atoms with van der Waals surface area (Å²) < 4.78 is 0. The highest BCUT2D eigenvalue weighted by Crippen LogP contribution is 2.15. The monoisotopic (exact) mass is 244 g/mol. The third-order valence-corrected chi connectivity index (χ3v) is 2.96. The molecule has 0 spiro atoms. The zero-order chi connectivity index (χ0) is 12.3. The molecule has 0 radical (unpaired) electrons. The molecule has 2 rings (SSSR count). The van der Waals surface area contributed by atoms with E-state index in [2.05, 4.69) is 6.92 Å². The molecule has 0 amide bonds. The largest absolute Gasteiger partial charge is 0.289 e. The number of aryl methyl sites for hydroxylation is 1. The Morgan fingerprint density at radius 1 is 1.06 bits per heavy atom. The van der Waals surface area contributed by atoms with Crippen LogP contribution in [0.15, 0.2) is 48.5 Å². The van der Waals surface area contributed by atoms with E-state index in [4.69, 9.17) is 11.6 Å². The molecule has 0 fully saturated rings. The van der Waals surface area contributed by atoms with Gasteiger partial charge >= 0.3 is 0 Å². The summed E-state index contributed by atoms with van der Waals surface area (Å²) in [4.78, 5) is 12.2. The molecule has 2 aromatic rings. The topological polar surface area (TPSA) is 17.1 Å². The van der Waals surface area contributed by atoms with Crippen molar-refractivity contribution in [1.29, 1.82) is 0 Å². The lowest BCUT2D eigenvalue weighted by Crippen LogP contribution is -2.01. The van der Waals surface area contributed by atoms with Crippen LogP contribution in [0.25, 0.3) is 0 Å². The van der Waals surface area contributed by atoms with Gasteiger partial charge < -0.3 is 0 Å². The van der Waals surface area contributed by atoms with Crippen molar-refractivity contribution >= 4 is 17.4 Å². The normalized spacial score (nSPS) is 10.2. The van der Waals surface area contributed by atoms with E-state index in [-0.39, 0.29) is 5.78 Å². The first-order valence-corrected chi connectivity index (χ1v) is 5.97. The third-order valence-electron chi connectivity index (χ3n) is 2.70. The van der Waals surface area contributed by atoms with Crippen molar-refractivity contribution in [2.45, 2.75) is 13.3 Å². The quantitative estimate of drug-likeness (QED) is 0.742. The lowest BCUT2D eigenvalue weighted by atomic mass is 10.0. The van der Waals surface area contributed by atoms with Gasteiger partial charge in [0.1, 0.15) is 0 Å². The van der Waals surface area contributed by atoms with Crippen LogP contribution in [0.4, 0.5) is 0 Å². The van der Waals surface area contributed by atoms with E-state index in [0.717, 1.165) is 12.0 Å². The molecule has 0 heterocycles. The summed E-state index contributed by atoms with van der Waals surface area (Å²) in [6.07, 6.45) is 0.932. The predicted molar refractivity (Wildman–Crippen MR) is 70.7 cm³/mol. The molecule has 0 saturated heterocycles. The van der Waals surface area contributed by atoms with Gasteiger partial charge in [-0.05, 0) is 42.3 Å². The summed E-state index contributed by atoms with van der Waals surface area (Å²) in [5.74, 6) is 0.0389. The molecule has 0 aliphatic rings. The van der Waals surface area contributed by atoms with Crippen LogP contribution in [-0.2, 0) is 6.42 Å². The lowest BCUT2D eigenvalue weighted by molar-refractivity contribution is 0.103. The summed E-state index contributed by atoms with van der Waals surface area (Å²) in [6.45, 7) is 2.08. The fourth-order valence-corrected chi connectivity index (χ4v) is 1.83. The van der Waals surface area contributed by atoms with Crippen LogP contribution in [0.2, 0.25) is 5.02 Å². The molecular formula is C15H13ClO. The molecule has 0 aliphatic carbocycles. The van der Waals surface area contributed by atoms with Gasteiger partial charge in [0.15, 0.2) is 5.78 Å². The Labute approximate surface area is 106 Å². The highest BCUT2D eigenvalue weighted by Gasteiger charge is 2.08. The number of hydrogen-bond acceptors (Lipinski definition) is 1. The highest BCUT2D eigenvalue weighted by atomic mass is 35.5. The number of ketones is 1. The Hall–Kier alpha value is -1.60. The average molecular weight is 245 g/mol. The van der Waals surface area contributed by atoms with Crippen LogP contribution in [0.5, 0.6) is 0 Å². The summed E-state index contributed by atoms with van der Waals surface area (Å²) in [5, 5.41) is 0.642. The van der Waals surface area contributed by atoms with Gasteiger partial charge in [-0.15, -0.1) is 0 Å². The average Bonchev–Trinajstić information content (AvgIpc) is 2.39. The van der Waals surface area contributed by atoms with E-state index in [0.29, 0.717) is 10.6 Å². The Morgan fingerprint density at radius 3 is 2.41 bits per heavy atom. The van der Waals surface area contributed by atoms with Gasteiger partial charge in [0.05, 0.1) is 0 Å². The second kappa shape index (κ2) is 5.15. The number of hydrogen-bond donors (Lipinski definition) is 0. The van der Waals surface area contributed by atoms with E-state index >= 15 is 0 Å². The Balaban J connectivity index is 2.33. The highest BCUT2D eigenvalue weighted by molar-refractivity contribution is 6.30. The molecule has 0 atom stereocenters. The molecule has 0 unspecified atom stereocenters. The first-order valence-electron chi connectivity index (χ1n) is 5.60. The molecule has 0 aliphatic heterocycles. The molecule has 0 N–H and O–H groups in total. The number of rotatable bonds is 3. The summed E-state index contributed by atoms with van der Waals surface area (Å²) >= 11 is 5.80. The molecule has 1 nitrogen and oxygen atoms in total. The maximum atomic E-state index is 12.2. The number of carbonyl (C=O) groups excluding carboxylic acids is 1. The van der Waals surface area contributed by atoms with Crippen LogP contribution in [-0.4, -0.2) is 5.78 Å². The maximum Gasteiger partial charge on any atom is 0.193 e. The third kappa shape index (κ3) is 2.75. The molecule has 2 aromatic carbocycles. The zero-order valence-corrected chi connectivity index (χ0v) is 10.4. The molecule has 86 valence electrons. The maximum absolute atomic E-state index is 12.2. The van der Waals surface area contributed by atoms with Crippen molar-refractivity contribution in [3.8, 4) is 0 Å². The van der Waals surface area contributed by atoms with Crippen molar-refractivity contribution < 1.29 is 4.79 Å². The molecule has 0 saturated carbocycles. The van der Waals surface area contributed by atoms with Crippen LogP contribution >= 0.6 is 11.6 Å². The van der Waals surface area contributed by atoms with E-state index in [1.807, 2.05) is 24.3 Å². The zero-order valence-electron chi connectivity index (χ0n) is 9.61. The van der Waals surface area contributed by atoms with Gasteiger partial charge in [-0.1, -0.05) is 36.7 Å². The Kier molecular flexibility index (Phi) is 3.60. The predicted octanol–water partition coefficient (Wildman–Crippen LogP) is 4.13. The minimum atomic E-state index is 0.0389. The van der Waals surface area contributed by atoms with Gasteiger partial charge in [0.25, 0.3) is 0 Å². The van der Waals surface area contributed by atoms with Crippen LogP contribution in [0.1, 0.15) is 28.4 Å². The fourth-order valence-electron chi connectivity index (χ4n) is 1.70. The Bertz CT molecular complexity index is 529. The molecule has 2 heteroatoms. The van der Waals surface area contributed by atoms with Crippen molar-refractivity contribution in [2.24, 2.45) is 0 Å². The van der Waals surface area contributed by atoms with E-state index in [9.17, 15) is 4.79 Å². The first-order chi connectivity index (χ1) is 8.20. The molecule has 0 bridgehead atoms. The van der Waals surface area contributed by atoms with Gasteiger partial charge in [0.2, 0.25) is 0 Å². The van der Waals surface area contributed by atoms with Crippen molar-refractivity contribution in [3.63, 3.8) is 0 Å². The Morgan fingerprint density at radius 2 is 1.76 bits per heavy atom. The number of carbonyl (C=O) groups is 1. The summed E-state index contributed by atoms with van der Waals surface area (Å²) in [7, 11) is 0. The van der Waals surface area contributed by atoms with Crippen molar-refractivity contribution in [2.75, 3.05) is 0 Å². The minimum Gasteiger partial charge on any atom is -0.289 e. The van der Waals surface area contributed by atoms with E-state index in [1.165, 1.54) is 5.56 Å². The summed E-state index contributed by atoms with van der Waals surface area (Å²) in [6, 6.07) is 14.7.